The number of hydrogen-bond donors (Lipinski definition) is 1. The van der Waals surface area contributed by atoms with Gasteiger partial charge in [0.2, 0.25) is 5.89 Å². The summed E-state index contributed by atoms with van der Waals surface area (Å²) in [6.07, 6.45) is 0.767. The molecule has 0 aromatic carbocycles. The van der Waals surface area contributed by atoms with Crippen molar-refractivity contribution in [1.29, 1.82) is 0 Å². The molecule has 0 saturated carbocycles. The minimum Gasteiger partial charge on any atom is -0.495 e. The lowest BCUT2D eigenvalue weighted by molar-refractivity contribution is 0.413. The third kappa shape index (κ3) is 1.94. The molecule has 0 saturated heterocycles. The molecule has 2 heterocycles. The van der Waals surface area contributed by atoms with Gasteiger partial charge in [-0.15, -0.1) is 21.5 Å². The van der Waals surface area contributed by atoms with Crippen molar-refractivity contribution in [2.75, 3.05) is 7.11 Å². The molecule has 0 aliphatic rings. The highest BCUT2D eigenvalue weighted by atomic mass is 32.1. The van der Waals surface area contributed by atoms with Gasteiger partial charge in [-0.25, -0.2) is 0 Å². The number of thiophene rings is 1. The second-order valence-electron chi connectivity index (χ2n) is 3.28. The van der Waals surface area contributed by atoms with Crippen molar-refractivity contribution < 1.29 is 9.15 Å². The summed E-state index contributed by atoms with van der Waals surface area (Å²) in [6, 6.07) is 1.66. The Morgan fingerprint density at radius 3 is 3.06 bits per heavy atom. The first-order valence-electron chi connectivity index (χ1n) is 4.97. The van der Waals surface area contributed by atoms with Crippen LogP contribution in [-0.2, 0) is 0 Å². The number of methoxy groups -OCH3 is 1. The molecule has 1 unspecified atom stereocenters. The van der Waals surface area contributed by atoms with Gasteiger partial charge in [0, 0.05) is 0 Å². The number of ether oxygens (including phenoxy) is 1. The maximum absolute atomic E-state index is 5.81. The van der Waals surface area contributed by atoms with E-state index in [1.165, 1.54) is 11.3 Å². The minimum absolute atomic E-state index is 0.202. The number of rotatable bonds is 4. The van der Waals surface area contributed by atoms with Crippen molar-refractivity contribution in [1.82, 2.24) is 10.2 Å². The molecule has 0 spiro atoms. The Morgan fingerprint density at radius 2 is 2.38 bits per heavy atom. The maximum atomic E-state index is 5.81. The molecular weight excluding hydrogens is 226 g/mol. The Bertz CT molecular complexity index is 466. The van der Waals surface area contributed by atoms with Gasteiger partial charge in [0.05, 0.1) is 13.2 Å². The third-order valence-corrected chi connectivity index (χ3v) is 3.12. The SMILES string of the molecule is CCC(N)c1nnc(-c2sccc2OC)o1. The molecule has 0 radical (unpaired) electrons. The highest BCUT2D eigenvalue weighted by molar-refractivity contribution is 7.13. The summed E-state index contributed by atoms with van der Waals surface area (Å²) in [5.74, 6) is 1.67. The number of hydrogen-bond acceptors (Lipinski definition) is 6. The van der Waals surface area contributed by atoms with E-state index < -0.39 is 0 Å². The van der Waals surface area contributed by atoms with E-state index in [1.54, 1.807) is 7.11 Å². The summed E-state index contributed by atoms with van der Waals surface area (Å²) in [4.78, 5) is 0.838. The molecule has 1 atom stereocenters. The normalized spacial score (nSPS) is 12.7. The van der Waals surface area contributed by atoms with E-state index in [0.29, 0.717) is 11.8 Å². The van der Waals surface area contributed by atoms with Gasteiger partial charge in [-0.2, -0.15) is 0 Å². The van der Waals surface area contributed by atoms with E-state index in [1.807, 2.05) is 18.4 Å². The van der Waals surface area contributed by atoms with E-state index >= 15 is 0 Å². The van der Waals surface area contributed by atoms with Gasteiger partial charge in [0.1, 0.15) is 10.6 Å². The third-order valence-electron chi connectivity index (χ3n) is 2.24. The largest absolute Gasteiger partial charge is 0.495 e. The van der Waals surface area contributed by atoms with Crippen molar-refractivity contribution in [3.63, 3.8) is 0 Å². The fourth-order valence-electron chi connectivity index (χ4n) is 1.26. The van der Waals surface area contributed by atoms with Crippen molar-refractivity contribution >= 4 is 11.3 Å². The van der Waals surface area contributed by atoms with Gasteiger partial charge in [-0.05, 0) is 17.9 Å². The second-order valence-corrected chi connectivity index (χ2v) is 4.19. The predicted octanol–water partition coefficient (Wildman–Crippen LogP) is 2.22. The Kier molecular flexibility index (Phi) is 3.21. The molecule has 0 amide bonds. The highest BCUT2D eigenvalue weighted by Crippen LogP contribution is 2.34. The molecule has 0 aliphatic heterocycles. The Labute approximate surface area is 97.2 Å². The van der Waals surface area contributed by atoms with Crippen molar-refractivity contribution in [2.45, 2.75) is 19.4 Å². The second kappa shape index (κ2) is 4.63. The van der Waals surface area contributed by atoms with E-state index in [-0.39, 0.29) is 6.04 Å². The lowest BCUT2D eigenvalue weighted by Gasteiger charge is -2.00. The van der Waals surface area contributed by atoms with E-state index in [2.05, 4.69) is 10.2 Å². The van der Waals surface area contributed by atoms with Gasteiger partial charge in [0.15, 0.2) is 0 Å². The Hall–Kier alpha value is -1.40. The molecule has 16 heavy (non-hydrogen) atoms. The van der Waals surface area contributed by atoms with Gasteiger partial charge in [-0.3, -0.25) is 0 Å². The van der Waals surface area contributed by atoms with Gasteiger partial charge < -0.3 is 14.9 Å². The van der Waals surface area contributed by atoms with Crippen LogP contribution in [0.3, 0.4) is 0 Å². The molecular formula is C10H13N3O2S. The summed E-state index contributed by atoms with van der Waals surface area (Å²) in [6.45, 7) is 1.97. The van der Waals surface area contributed by atoms with Gasteiger partial charge in [0.25, 0.3) is 5.89 Å². The van der Waals surface area contributed by atoms with Crippen LogP contribution in [0, 0.1) is 0 Å². The molecule has 2 aromatic heterocycles. The number of aromatic nitrogens is 2. The smallest absolute Gasteiger partial charge is 0.261 e. The van der Waals surface area contributed by atoms with Crippen LogP contribution in [0.15, 0.2) is 15.9 Å². The van der Waals surface area contributed by atoms with E-state index in [0.717, 1.165) is 17.0 Å². The van der Waals surface area contributed by atoms with Crippen LogP contribution < -0.4 is 10.5 Å². The van der Waals surface area contributed by atoms with E-state index in [4.69, 9.17) is 14.9 Å². The minimum atomic E-state index is -0.202. The fourth-order valence-corrected chi connectivity index (χ4v) is 2.04. The average Bonchev–Trinajstić information content (AvgIpc) is 2.95. The quantitative estimate of drug-likeness (QED) is 0.885. The Balaban J connectivity index is 2.31. The predicted molar refractivity (Wildman–Crippen MR) is 61.4 cm³/mol. The lowest BCUT2D eigenvalue weighted by Crippen LogP contribution is -2.08. The average molecular weight is 239 g/mol. The molecule has 2 rings (SSSR count). The monoisotopic (exact) mass is 239 g/mol. The van der Waals surface area contributed by atoms with Crippen LogP contribution in [-0.4, -0.2) is 17.3 Å². The van der Waals surface area contributed by atoms with Gasteiger partial charge >= 0.3 is 0 Å². The molecule has 5 nitrogen and oxygen atoms in total. The first kappa shape index (κ1) is 11.1. The first-order valence-corrected chi connectivity index (χ1v) is 5.85. The molecule has 2 aromatic rings. The summed E-state index contributed by atoms with van der Waals surface area (Å²) in [7, 11) is 1.61. The summed E-state index contributed by atoms with van der Waals surface area (Å²) >= 11 is 1.50. The Morgan fingerprint density at radius 1 is 1.56 bits per heavy atom. The first-order chi connectivity index (χ1) is 7.76. The molecule has 86 valence electrons. The molecule has 0 aliphatic carbocycles. The standard InChI is InChI=1S/C10H13N3O2S/c1-3-6(11)9-12-13-10(15-9)8-7(14-2)4-5-16-8/h4-6H,3,11H2,1-2H3. The summed E-state index contributed by atoms with van der Waals surface area (Å²) in [5.41, 5.74) is 5.81. The molecule has 0 bridgehead atoms. The molecule has 6 heteroatoms. The fraction of sp³-hybridized carbons (Fsp3) is 0.400. The van der Waals surface area contributed by atoms with Gasteiger partial charge in [-0.1, -0.05) is 6.92 Å². The molecule has 0 fully saturated rings. The van der Waals surface area contributed by atoms with Crippen LogP contribution in [0.25, 0.3) is 10.8 Å². The van der Waals surface area contributed by atoms with Crippen LogP contribution in [0.2, 0.25) is 0 Å². The lowest BCUT2D eigenvalue weighted by atomic mass is 10.2. The molecule has 2 N–H and O–H groups in total. The number of nitrogens with two attached hydrogens (primary N) is 1. The highest BCUT2D eigenvalue weighted by Gasteiger charge is 2.17. The zero-order chi connectivity index (χ0) is 11.5. The summed E-state index contributed by atoms with van der Waals surface area (Å²) < 4.78 is 10.7. The van der Waals surface area contributed by atoms with Crippen molar-refractivity contribution in [3.8, 4) is 16.5 Å². The maximum Gasteiger partial charge on any atom is 0.261 e. The van der Waals surface area contributed by atoms with Crippen LogP contribution >= 0.6 is 11.3 Å². The van der Waals surface area contributed by atoms with Crippen LogP contribution in [0.4, 0.5) is 0 Å². The van der Waals surface area contributed by atoms with Crippen LogP contribution in [0.1, 0.15) is 25.3 Å². The topological polar surface area (TPSA) is 74.2 Å². The zero-order valence-electron chi connectivity index (χ0n) is 9.14. The van der Waals surface area contributed by atoms with Crippen molar-refractivity contribution in [3.05, 3.63) is 17.3 Å². The number of nitrogens with zero attached hydrogens (tertiary/aromatic N) is 2. The van der Waals surface area contributed by atoms with E-state index in [9.17, 15) is 0 Å². The van der Waals surface area contributed by atoms with Crippen molar-refractivity contribution in [2.24, 2.45) is 5.73 Å². The summed E-state index contributed by atoms with van der Waals surface area (Å²) in [5, 5.41) is 9.81. The van der Waals surface area contributed by atoms with Crippen LogP contribution in [0.5, 0.6) is 5.75 Å². The zero-order valence-corrected chi connectivity index (χ0v) is 9.95.